The van der Waals surface area contributed by atoms with E-state index in [1.165, 1.54) is 0 Å². The third-order valence-corrected chi connectivity index (χ3v) is 8.25. The van der Waals surface area contributed by atoms with Crippen LogP contribution in [0.5, 0.6) is 0 Å². The van der Waals surface area contributed by atoms with Crippen molar-refractivity contribution in [2.24, 2.45) is 0 Å². The summed E-state index contributed by atoms with van der Waals surface area (Å²) in [5, 5.41) is 9.06. The second-order valence-electron chi connectivity index (χ2n) is 7.98. The van der Waals surface area contributed by atoms with Crippen LogP contribution in [0.15, 0.2) is 4.42 Å². The molecular weight excluding hydrogens is 380 g/mol. The predicted octanol–water partition coefficient (Wildman–Crippen LogP) is 1.82. The highest BCUT2D eigenvalue weighted by Crippen LogP contribution is 2.41. The van der Waals surface area contributed by atoms with Crippen LogP contribution in [-0.4, -0.2) is 61.4 Å². The molecule has 1 aliphatic heterocycles. The van der Waals surface area contributed by atoms with Crippen molar-refractivity contribution in [3.8, 4) is 6.07 Å². The fourth-order valence-corrected chi connectivity index (χ4v) is 5.93. The molecule has 1 aromatic rings. The zero-order valence-electron chi connectivity index (χ0n) is 16.0. The van der Waals surface area contributed by atoms with Gasteiger partial charge in [-0.3, -0.25) is 4.79 Å². The lowest BCUT2D eigenvalue weighted by molar-refractivity contribution is -0.131. The third-order valence-electron chi connectivity index (χ3n) is 5.99. The molecule has 0 aromatic carbocycles. The molecule has 2 heterocycles. The fourth-order valence-electron chi connectivity index (χ4n) is 4.08. The first kappa shape index (κ1) is 19.2. The minimum atomic E-state index is -3.17. The van der Waals surface area contributed by atoms with Gasteiger partial charge in [-0.1, -0.05) is 12.8 Å². The molecular formula is C19H26N4O4S. The lowest BCUT2D eigenvalue weighted by Gasteiger charge is -2.34. The van der Waals surface area contributed by atoms with E-state index in [0.29, 0.717) is 49.6 Å². The van der Waals surface area contributed by atoms with Gasteiger partial charge in [0.25, 0.3) is 0 Å². The highest BCUT2D eigenvalue weighted by atomic mass is 32.2. The number of piperazine rings is 1. The van der Waals surface area contributed by atoms with E-state index in [1.54, 1.807) is 4.90 Å². The Kier molecular flexibility index (Phi) is 5.32. The monoisotopic (exact) mass is 406 g/mol. The summed E-state index contributed by atoms with van der Waals surface area (Å²) in [4.78, 5) is 20.4. The summed E-state index contributed by atoms with van der Waals surface area (Å²) in [5.74, 6) is 1.31. The molecule has 1 amide bonds. The zero-order valence-corrected chi connectivity index (χ0v) is 16.8. The maximum atomic E-state index is 12.5. The Bertz CT molecular complexity index is 870. The molecule has 2 aliphatic carbocycles. The molecule has 28 heavy (non-hydrogen) atoms. The SMILES string of the molecule is N#Cc1nc(C2CC2)oc1N1CCN(C(=O)CCS(=O)(=O)C2CCCC2)CC1. The maximum absolute atomic E-state index is 12.5. The Labute approximate surface area is 165 Å². The number of carbonyl (C=O) groups is 1. The van der Waals surface area contributed by atoms with Crippen LogP contribution >= 0.6 is 0 Å². The number of nitrogens with zero attached hydrogens (tertiary/aromatic N) is 4. The van der Waals surface area contributed by atoms with E-state index in [9.17, 15) is 18.5 Å². The first-order valence-electron chi connectivity index (χ1n) is 10.1. The molecule has 3 aliphatic rings. The van der Waals surface area contributed by atoms with Gasteiger partial charge in [0.2, 0.25) is 23.4 Å². The number of hydrogen-bond acceptors (Lipinski definition) is 7. The van der Waals surface area contributed by atoms with Gasteiger partial charge in [-0.25, -0.2) is 13.4 Å². The second kappa shape index (κ2) is 7.74. The van der Waals surface area contributed by atoms with E-state index >= 15 is 0 Å². The summed E-state index contributed by atoms with van der Waals surface area (Å²) in [5.41, 5.74) is 0.310. The number of hydrogen-bond donors (Lipinski definition) is 0. The summed E-state index contributed by atoms with van der Waals surface area (Å²) in [6.07, 6.45) is 5.56. The van der Waals surface area contributed by atoms with Crippen molar-refractivity contribution in [1.29, 1.82) is 5.26 Å². The van der Waals surface area contributed by atoms with Crippen LogP contribution in [-0.2, 0) is 14.6 Å². The Hall–Kier alpha value is -2.08. The molecule has 0 radical (unpaired) electrons. The average molecular weight is 407 g/mol. The first-order chi connectivity index (χ1) is 13.5. The van der Waals surface area contributed by atoms with E-state index in [-0.39, 0.29) is 23.3 Å². The van der Waals surface area contributed by atoms with Crippen LogP contribution in [0.25, 0.3) is 0 Å². The minimum Gasteiger partial charge on any atom is -0.423 e. The summed E-state index contributed by atoms with van der Waals surface area (Å²) in [6.45, 7) is 2.09. The fraction of sp³-hybridized carbons (Fsp3) is 0.737. The van der Waals surface area contributed by atoms with Gasteiger partial charge in [0.15, 0.2) is 9.84 Å². The van der Waals surface area contributed by atoms with Gasteiger partial charge >= 0.3 is 0 Å². The van der Waals surface area contributed by atoms with Gasteiger partial charge in [-0.2, -0.15) is 5.26 Å². The average Bonchev–Trinajstić information content (AvgIpc) is 3.22. The quantitative estimate of drug-likeness (QED) is 0.709. The van der Waals surface area contributed by atoms with Gasteiger partial charge in [-0.05, 0) is 25.7 Å². The molecule has 1 aromatic heterocycles. The zero-order chi connectivity index (χ0) is 19.7. The summed E-state index contributed by atoms with van der Waals surface area (Å²) >= 11 is 0. The predicted molar refractivity (Wildman–Crippen MR) is 103 cm³/mol. The Morgan fingerprint density at radius 1 is 1.14 bits per heavy atom. The molecule has 0 bridgehead atoms. The highest BCUT2D eigenvalue weighted by molar-refractivity contribution is 7.92. The number of nitriles is 1. The largest absolute Gasteiger partial charge is 0.423 e. The molecule has 0 unspecified atom stereocenters. The molecule has 152 valence electrons. The van der Waals surface area contributed by atoms with Crippen LogP contribution in [0.2, 0.25) is 0 Å². The number of amides is 1. The normalized spacial score (nSPS) is 21.1. The standard InChI is InChI=1S/C19H26N4O4S/c20-13-16-19(27-18(21-16)14-5-6-14)23-10-8-22(9-11-23)17(24)7-12-28(25,26)15-3-1-2-4-15/h14-15H,1-12H2. The summed E-state index contributed by atoms with van der Waals surface area (Å²) < 4.78 is 30.5. The highest BCUT2D eigenvalue weighted by Gasteiger charge is 2.33. The number of aromatic nitrogens is 1. The van der Waals surface area contributed by atoms with Crippen molar-refractivity contribution >= 4 is 21.6 Å². The van der Waals surface area contributed by atoms with Gasteiger partial charge in [0.1, 0.15) is 6.07 Å². The van der Waals surface area contributed by atoms with Crippen LogP contribution in [0.4, 0.5) is 5.88 Å². The molecule has 9 heteroatoms. The van der Waals surface area contributed by atoms with Crippen molar-refractivity contribution in [3.63, 3.8) is 0 Å². The first-order valence-corrected chi connectivity index (χ1v) is 11.8. The minimum absolute atomic E-state index is 0.0520. The van der Waals surface area contributed by atoms with Gasteiger partial charge < -0.3 is 14.2 Å². The maximum Gasteiger partial charge on any atom is 0.234 e. The topological polar surface area (TPSA) is 108 Å². The van der Waals surface area contributed by atoms with E-state index in [2.05, 4.69) is 11.1 Å². The Morgan fingerprint density at radius 2 is 1.82 bits per heavy atom. The van der Waals surface area contributed by atoms with Crippen molar-refractivity contribution in [1.82, 2.24) is 9.88 Å². The summed E-state index contributed by atoms with van der Waals surface area (Å²) in [6, 6.07) is 2.10. The number of rotatable bonds is 6. The number of anilines is 1. The molecule has 8 nitrogen and oxygen atoms in total. The van der Waals surface area contributed by atoms with Crippen LogP contribution in [0, 0.1) is 11.3 Å². The van der Waals surface area contributed by atoms with Crippen molar-refractivity contribution in [2.45, 2.75) is 56.1 Å². The molecule has 2 saturated carbocycles. The van der Waals surface area contributed by atoms with E-state index in [0.717, 1.165) is 38.5 Å². The smallest absolute Gasteiger partial charge is 0.234 e. The van der Waals surface area contributed by atoms with E-state index in [1.807, 2.05) is 4.90 Å². The Morgan fingerprint density at radius 3 is 2.43 bits per heavy atom. The number of sulfone groups is 1. The second-order valence-corrected chi connectivity index (χ2v) is 10.4. The number of oxazole rings is 1. The van der Waals surface area contributed by atoms with Gasteiger partial charge in [-0.15, -0.1) is 0 Å². The van der Waals surface area contributed by atoms with Crippen LogP contribution < -0.4 is 4.90 Å². The van der Waals surface area contributed by atoms with Crippen molar-refractivity contribution in [3.05, 3.63) is 11.6 Å². The Balaban J connectivity index is 1.30. The van der Waals surface area contributed by atoms with Crippen LogP contribution in [0.1, 0.15) is 62.4 Å². The molecule has 0 atom stereocenters. The molecule has 3 fully saturated rings. The van der Waals surface area contributed by atoms with Gasteiger partial charge in [0.05, 0.1) is 11.0 Å². The lowest BCUT2D eigenvalue weighted by Crippen LogP contribution is -2.49. The van der Waals surface area contributed by atoms with E-state index in [4.69, 9.17) is 4.42 Å². The van der Waals surface area contributed by atoms with Gasteiger partial charge in [0, 0.05) is 38.5 Å². The molecule has 4 rings (SSSR count). The third kappa shape index (κ3) is 4.02. The lowest BCUT2D eigenvalue weighted by atomic mass is 10.3. The molecule has 1 saturated heterocycles. The van der Waals surface area contributed by atoms with Crippen molar-refractivity contribution < 1.29 is 17.6 Å². The van der Waals surface area contributed by atoms with E-state index < -0.39 is 9.84 Å². The number of carbonyl (C=O) groups excluding carboxylic acids is 1. The molecule has 0 N–H and O–H groups in total. The summed E-state index contributed by atoms with van der Waals surface area (Å²) in [7, 11) is -3.17. The molecule has 0 spiro atoms. The van der Waals surface area contributed by atoms with Crippen LogP contribution in [0.3, 0.4) is 0 Å². The van der Waals surface area contributed by atoms with Crippen molar-refractivity contribution in [2.75, 3.05) is 36.8 Å².